The molecule has 0 saturated carbocycles. The van der Waals surface area contributed by atoms with Gasteiger partial charge in [0.05, 0.1) is 44.4 Å². The first kappa shape index (κ1) is 109. The number of anilines is 1. The summed E-state index contributed by atoms with van der Waals surface area (Å²) in [5.74, 6) is -16.1. The molecule has 0 heterocycles. The van der Waals surface area contributed by atoms with Crippen LogP contribution in [0.3, 0.4) is 0 Å². The Morgan fingerprint density at radius 1 is 0.559 bits per heavy atom. The number of methoxy groups -OCH3 is 1. The average Bonchev–Trinajstić information content (AvgIpc) is 0.812. The molecule has 0 bridgehead atoms. The van der Waals surface area contributed by atoms with Crippen LogP contribution in [0.2, 0.25) is 0 Å². The van der Waals surface area contributed by atoms with Crippen LogP contribution in [0.4, 0.5) is 15.3 Å². The molecule has 10 amide bonds. The SMILES string of the molecule is C=C(CNC(=O)[C@H](CC(C)(C)C)NC(=O)[C@@H](C)NC(=O)[C@@H](CC(=O)[C@H](CCCC)NC(=O)CNC(=O)[C@@H](NC(=O)[C@H](CC(=O)OC(C)(C)C)N=[N+]=[N-])[C@@H](C)OC(=O)[C@H](CC(=O)c1ccccc1N(C=O)C(=O)OC(C)(C)C)NC(=O)[C@@H](CC(=O)[C@@H](CC)NC(=O)OC(C)(C)C)[C@H](C)CC(=O)OC(C)(C)C)CC(C)(C)C)OC.O=C=O.O=C=O. The molecule has 38 heteroatoms. The van der Waals surface area contributed by atoms with Gasteiger partial charge in [-0.2, -0.15) is 19.2 Å². The first-order valence-electron chi connectivity index (χ1n) is 38.3. The minimum absolute atomic E-state index is 0.0288. The highest BCUT2D eigenvalue weighted by molar-refractivity contribution is 6.12. The van der Waals surface area contributed by atoms with Gasteiger partial charge in [0, 0.05) is 48.0 Å². The third-order valence-corrected chi connectivity index (χ3v) is 16.2. The van der Waals surface area contributed by atoms with Crippen LogP contribution in [0, 0.1) is 28.6 Å². The first-order chi connectivity index (χ1) is 54.2. The Labute approximate surface area is 689 Å². The van der Waals surface area contributed by atoms with Crippen molar-refractivity contribution in [3.63, 3.8) is 0 Å². The van der Waals surface area contributed by atoms with Crippen molar-refractivity contribution in [2.24, 2.45) is 33.7 Å². The molecule has 11 atom stereocenters. The normalized spacial score (nSPS) is 14.1. The lowest BCUT2D eigenvalue weighted by atomic mass is 9.81. The van der Waals surface area contributed by atoms with Crippen LogP contribution in [0.15, 0.2) is 41.7 Å². The van der Waals surface area contributed by atoms with E-state index >= 15 is 9.59 Å². The van der Waals surface area contributed by atoms with Gasteiger partial charge in [-0.15, -0.1) is 0 Å². The maximum atomic E-state index is 15.2. The number of ketones is 3. The standard InChI is InChI=1S/C78H124N12O22.2CO2/c1-26-28-32-52(58(93)35-48(39-73(7,8)9)65(99)82-46(5)64(98)85-55(40-74(10,11)12)67(101)80-41-45(4)107-25)83-60(95)42-81-69(103)63(87-68(102)53(88-89-79)38-62(97)110-76(16,17)18)47(6)108-70(104)54(37-57(92)49-31-29-30-33-56(49)90(43-91)72(106)112-78(22,23)24)84-66(100)50(44(3)34-61(96)109-75(13,14)15)36-59(94)51(27-2)86-71(105)111-77(19,20)21;2*2-1-3/h29-31,33,43-44,46-48,50-55,63H,4,26-28,32,34-42H2,1-3,5-25H3,(H,80,101)(H,81,103)(H,82,99)(H,83,95)(H,84,100)(H,85,98)(H,86,105)(H,87,102);;/t44-,46-,47-,48+,50+,51-,52+,53+,54+,55+,63+;;/m1../s1. The Bertz CT molecular complexity index is 3750. The number of nitrogens with zero attached hydrogens (tertiary/aromatic N) is 4. The van der Waals surface area contributed by atoms with Crippen molar-refractivity contribution >= 4 is 113 Å². The molecular weight excluding hydrogens is 1540 g/mol. The molecule has 0 unspecified atom stereocenters. The third kappa shape index (κ3) is 45.9. The highest BCUT2D eigenvalue weighted by Gasteiger charge is 2.41. The minimum Gasteiger partial charge on any atom is -0.500 e. The quantitative estimate of drug-likeness (QED) is 0.00474. The molecule has 1 rings (SSSR count). The first-order valence-corrected chi connectivity index (χ1v) is 38.3. The van der Waals surface area contributed by atoms with Crippen LogP contribution in [0.25, 0.3) is 10.4 Å². The van der Waals surface area contributed by atoms with E-state index in [0.717, 1.165) is 6.92 Å². The zero-order valence-electron chi connectivity index (χ0n) is 72.5. The fraction of sp³-hybridized carbons (Fsp3) is 0.675. The Morgan fingerprint density at radius 3 is 1.56 bits per heavy atom. The number of rotatable bonds is 43. The predicted octanol–water partition coefficient (Wildman–Crippen LogP) is 7.05. The van der Waals surface area contributed by atoms with E-state index in [9.17, 15) is 72.7 Å². The maximum Gasteiger partial charge on any atom is 0.421 e. The number of benzene rings is 1. The summed E-state index contributed by atoms with van der Waals surface area (Å²) < 4.78 is 32.7. The number of unbranched alkanes of at least 4 members (excludes halogenated alkanes) is 1. The molecule has 0 aliphatic rings. The van der Waals surface area contributed by atoms with Crippen LogP contribution < -0.4 is 47.4 Å². The summed E-state index contributed by atoms with van der Waals surface area (Å²) in [6, 6.07) is -6.09. The highest BCUT2D eigenvalue weighted by atomic mass is 16.6. The largest absolute Gasteiger partial charge is 0.500 e. The lowest BCUT2D eigenvalue weighted by Gasteiger charge is -2.30. The summed E-state index contributed by atoms with van der Waals surface area (Å²) in [6.07, 6.45) is -6.15. The van der Waals surface area contributed by atoms with Crippen LogP contribution in [-0.2, 0) is 110 Å². The molecule has 0 aromatic heterocycles. The second-order valence-corrected chi connectivity index (χ2v) is 34.2. The van der Waals surface area contributed by atoms with Crippen LogP contribution in [0.1, 0.15) is 240 Å². The van der Waals surface area contributed by atoms with Crippen molar-refractivity contribution in [1.29, 1.82) is 0 Å². The third-order valence-electron chi connectivity index (χ3n) is 16.2. The lowest BCUT2D eigenvalue weighted by Crippen LogP contribution is -2.58. The van der Waals surface area contributed by atoms with E-state index in [4.69, 9.17) is 47.6 Å². The number of Topliss-reactive ketones (excluding diaryl/α,β-unsaturated/α-hetero) is 3. The zero-order chi connectivity index (χ0) is 91.8. The Hall–Kier alpha value is -11.2. The van der Waals surface area contributed by atoms with E-state index < -0.39 is 232 Å². The Balaban J connectivity index is 0. The van der Waals surface area contributed by atoms with Crippen LogP contribution in [0.5, 0.6) is 0 Å². The number of para-hydroxylation sites is 1. The van der Waals surface area contributed by atoms with E-state index in [0.29, 0.717) is 17.7 Å². The summed E-state index contributed by atoms with van der Waals surface area (Å²) in [6.45, 7) is 39.7. The molecule has 0 spiro atoms. The smallest absolute Gasteiger partial charge is 0.421 e. The second kappa shape index (κ2) is 51.1. The number of nitrogens with one attached hydrogen (secondary N) is 8. The number of hydrogen-bond acceptors (Lipinski definition) is 27. The predicted molar refractivity (Wildman–Crippen MR) is 424 cm³/mol. The zero-order valence-corrected chi connectivity index (χ0v) is 72.5. The monoisotopic (exact) mass is 1670 g/mol. The fourth-order valence-corrected chi connectivity index (χ4v) is 11.0. The molecular formula is C80H124N12O26. The number of carbonyl (C=O) groups is 16. The van der Waals surface area contributed by atoms with Gasteiger partial charge in [-0.1, -0.05) is 99.0 Å². The molecule has 0 aliphatic heterocycles. The topological polar surface area (TPSA) is 545 Å². The number of carbonyl (C=O) groups excluding carboxylic acids is 20. The van der Waals surface area contributed by atoms with E-state index in [-0.39, 0.29) is 62.4 Å². The van der Waals surface area contributed by atoms with Gasteiger partial charge in [-0.3, -0.25) is 62.3 Å². The number of ether oxygens (including phenoxy) is 6. The molecule has 118 heavy (non-hydrogen) atoms. The summed E-state index contributed by atoms with van der Waals surface area (Å²) >= 11 is 0. The molecule has 0 aliphatic carbocycles. The second-order valence-electron chi connectivity index (χ2n) is 34.2. The van der Waals surface area contributed by atoms with Gasteiger partial charge in [0.25, 0.3) is 0 Å². The van der Waals surface area contributed by atoms with Gasteiger partial charge in [-0.25, -0.2) is 19.3 Å². The molecule has 0 fully saturated rings. The molecule has 660 valence electrons. The molecule has 8 N–H and O–H groups in total. The minimum atomic E-state index is -2.21. The Kier molecular flexibility index (Phi) is 47.1. The van der Waals surface area contributed by atoms with Crippen molar-refractivity contribution in [3.05, 3.63) is 52.6 Å². The molecule has 1 aromatic rings. The lowest BCUT2D eigenvalue weighted by molar-refractivity contribution is -0.193. The number of esters is 3. The summed E-state index contributed by atoms with van der Waals surface area (Å²) in [7, 11) is 1.39. The number of alkyl carbamates (subject to hydrolysis) is 1. The highest BCUT2D eigenvalue weighted by Crippen LogP contribution is 2.30. The van der Waals surface area contributed by atoms with Gasteiger partial charge in [-0.05, 0) is 157 Å². The van der Waals surface area contributed by atoms with Crippen molar-refractivity contribution in [3.8, 4) is 0 Å². The maximum absolute atomic E-state index is 15.2. The van der Waals surface area contributed by atoms with E-state index in [1.165, 1.54) is 86.8 Å². The van der Waals surface area contributed by atoms with Gasteiger partial charge in [0.1, 0.15) is 64.5 Å². The van der Waals surface area contributed by atoms with Crippen molar-refractivity contribution < 1.29 is 124 Å². The van der Waals surface area contributed by atoms with Gasteiger partial charge in [0.15, 0.2) is 17.3 Å². The van der Waals surface area contributed by atoms with Gasteiger partial charge >= 0.3 is 42.4 Å². The number of hydrogen-bond donors (Lipinski definition) is 8. The number of azide groups is 1. The summed E-state index contributed by atoms with van der Waals surface area (Å²) in [5, 5.41) is 23.7. The van der Waals surface area contributed by atoms with E-state index in [1.54, 1.807) is 48.5 Å². The average molecular weight is 1670 g/mol. The van der Waals surface area contributed by atoms with Gasteiger partial charge in [0.2, 0.25) is 47.8 Å². The number of imide groups is 1. The van der Waals surface area contributed by atoms with Crippen LogP contribution in [-0.4, -0.2) is 199 Å². The fourth-order valence-electron chi connectivity index (χ4n) is 11.0. The molecule has 0 radical (unpaired) electrons. The number of amides is 10. The van der Waals surface area contributed by atoms with Crippen LogP contribution >= 0.6 is 0 Å². The molecule has 1 aromatic carbocycles. The molecule has 38 nitrogen and oxygen atoms in total. The summed E-state index contributed by atoms with van der Waals surface area (Å²) in [5.41, 5.74) is 3.51. The van der Waals surface area contributed by atoms with E-state index in [1.807, 2.05) is 48.5 Å². The van der Waals surface area contributed by atoms with E-state index in [2.05, 4.69) is 59.1 Å². The van der Waals surface area contributed by atoms with Crippen molar-refractivity contribution in [2.45, 2.75) is 301 Å². The van der Waals surface area contributed by atoms with Crippen molar-refractivity contribution in [1.82, 2.24) is 42.5 Å². The molecule has 0 saturated heterocycles. The summed E-state index contributed by atoms with van der Waals surface area (Å²) in [4.78, 5) is 260. The van der Waals surface area contributed by atoms with Crippen molar-refractivity contribution in [2.75, 3.05) is 25.1 Å². The Morgan fingerprint density at radius 2 is 1.07 bits per heavy atom. The van der Waals surface area contributed by atoms with Gasteiger partial charge < -0.3 is 71.0 Å².